The minimum absolute atomic E-state index is 0. The van der Waals surface area contributed by atoms with E-state index in [0.29, 0.717) is 5.56 Å². The molecule has 0 aliphatic rings. The van der Waals surface area contributed by atoms with Crippen LogP contribution in [0.2, 0.25) is 0 Å². The van der Waals surface area contributed by atoms with E-state index in [4.69, 9.17) is 11.5 Å². The minimum atomic E-state index is -4.44. The van der Waals surface area contributed by atoms with Crippen molar-refractivity contribution in [1.29, 1.82) is 0 Å². The Morgan fingerprint density at radius 2 is 1.80 bits per heavy atom. The Labute approximate surface area is 131 Å². The Kier molecular flexibility index (Phi) is 6.72. The monoisotopic (exact) mass is 254 g/mol. The third kappa shape index (κ3) is 4.21. The molecule has 0 amide bonds. The molecule has 0 fully saturated rings. The molecule has 4 N–H and O–H groups in total. The van der Waals surface area contributed by atoms with Gasteiger partial charge in [-0.3, -0.25) is 0 Å². The molecule has 1 aromatic rings. The molecule has 0 spiro atoms. The number of benzene rings is 1. The molecule has 0 atom stereocenters. The zero-order valence-corrected chi connectivity index (χ0v) is 12.4. The average Bonchev–Trinajstić information content (AvgIpc) is 2.15. The van der Waals surface area contributed by atoms with E-state index >= 15 is 0 Å². The topological polar surface area (TPSA) is 109 Å². The van der Waals surface area contributed by atoms with Gasteiger partial charge in [0.05, 0.1) is 4.90 Å². The Morgan fingerprint density at radius 3 is 2.20 bits per heavy atom. The van der Waals surface area contributed by atoms with E-state index in [9.17, 15) is 13.0 Å². The molecule has 1 rings (SSSR count). The second-order valence-electron chi connectivity index (χ2n) is 2.80. The molecule has 0 aliphatic heterocycles. The van der Waals surface area contributed by atoms with Crippen LogP contribution in [0.5, 0.6) is 0 Å². The summed E-state index contributed by atoms with van der Waals surface area (Å²) >= 11 is 0. The first-order valence-corrected chi connectivity index (χ1v) is 5.37. The van der Waals surface area contributed by atoms with E-state index in [1.54, 1.807) is 0 Å². The fourth-order valence-corrected chi connectivity index (χ4v) is 1.86. The van der Waals surface area contributed by atoms with E-state index in [1.807, 2.05) is 0 Å². The summed E-state index contributed by atoms with van der Waals surface area (Å²) in [7, 11) is -4.44. The van der Waals surface area contributed by atoms with Gasteiger partial charge >= 0.3 is 51.4 Å². The first-order chi connectivity index (χ1) is 6.49. The summed E-state index contributed by atoms with van der Waals surface area (Å²) in [5.41, 5.74) is 11.7. The van der Waals surface area contributed by atoms with Crippen molar-refractivity contribution in [3.63, 3.8) is 0 Å². The maximum absolute atomic E-state index is 10.8. The molecule has 0 heterocycles. The molecule has 78 valence electrons. The summed E-state index contributed by atoms with van der Waals surface area (Å²) in [4.78, 5) is -0.266. The van der Waals surface area contributed by atoms with Crippen molar-refractivity contribution in [3.05, 3.63) is 29.3 Å². The molecule has 7 heteroatoms. The largest absolute Gasteiger partial charge is 1.00 e. The van der Waals surface area contributed by atoms with E-state index in [-0.39, 0.29) is 69.4 Å². The van der Waals surface area contributed by atoms with Gasteiger partial charge in [0.1, 0.15) is 10.1 Å². The van der Waals surface area contributed by atoms with Gasteiger partial charge in [0.15, 0.2) is 0 Å². The summed E-state index contributed by atoms with van der Waals surface area (Å²) in [6, 6.07) is 4.28. The summed E-state index contributed by atoms with van der Waals surface area (Å²) in [6.07, 6.45) is 0. The van der Waals surface area contributed by atoms with Gasteiger partial charge in [0, 0.05) is 13.1 Å². The number of rotatable bonds is 3. The predicted molar refractivity (Wildman–Crippen MR) is 50.2 cm³/mol. The maximum Gasteiger partial charge on any atom is 1.00 e. The van der Waals surface area contributed by atoms with Gasteiger partial charge in [-0.1, -0.05) is 12.1 Å². The van der Waals surface area contributed by atoms with E-state index < -0.39 is 10.1 Å². The SMILES string of the molecule is NCc1ccc(S(=O)(=O)[O-])c(CN)c1.[K+]. The van der Waals surface area contributed by atoms with Crippen molar-refractivity contribution in [1.82, 2.24) is 0 Å². The zero-order valence-electron chi connectivity index (χ0n) is 8.43. The summed E-state index contributed by atoms with van der Waals surface area (Å²) in [6.45, 7) is 0.289. The molecule has 0 aromatic heterocycles. The number of nitrogens with two attached hydrogens (primary N) is 2. The number of hydrogen-bond donors (Lipinski definition) is 2. The van der Waals surface area contributed by atoms with Crippen LogP contribution in [-0.2, 0) is 23.2 Å². The molecule has 15 heavy (non-hydrogen) atoms. The van der Waals surface area contributed by atoms with E-state index in [1.165, 1.54) is 18.2 Å². The smallest absolute Gasteiger partial charge is 0.744 e. The molecular formula is C8H11KN2O3S. The zero-order chi connectivity index (χ0) is 10.8. The molecule has 0 bridgehead atoms. The van der Waals surface area contributed by atoms with Crippen molar-refractivity contribution >= 4 is 10.1 Å². The van der Waals surface area contributed by atoms with Gasteiger partial charge in [-0.2, -0.15) is 0 Å². The standard InChI is InChI=1S/C8H12N2O3S.K/c9-4-6-1-2-8(14(11,12)13)7(3-6)5-10;/h1-3H,4-5,9-10H2,(H,11,12,13);/q;+1/p-1. The van der Waals surface area contributed by atoms with Gasteiger partial charge in [-0.25, -0.2) is 8.42 Å². The summed E-state index contributed by atoms with van der Waals surface area (Å²) < 4.78 is 32.3. The van der Waals surface area contributed by atoms with Gasteiger partial charge in [-0.05, 0) is 17.2 Å². The fraction of sp³-hybridized carbons (Fsp3) is 0.250. The van der Waals surface area contributed by atoms with Gasteiger partial charge < -0.3 is 16.0 Å². The van der Waals surface area contributed by atoms with Crippen LogP contribution in [0.15, 0.2) is 23.1 Å². The van der Waals surface area contributed by atoms with Gasteiger partial charge in [-0.15, -0.1) is 0 Å². The molecule has 0 unspecified atom stereocenters. The molecular weight excluding hydrogens is 243 g/mol. The fourth-order valence-electron chi connectivity index (χ4n) is 1.16. The molecule has 5 nitrogen and oxygen atoms in total. The van der Waals surface area contributed by atoms with Crippen molar-refractivity contribution < 1.29 is 64.4 Å². The quantitative estimate of drug-likeness (QED) is 0.430. The maximum atomic E-state index is 10.8. The van der Waals surface area contributed by atoms with Crippen molar-refractivity contribution in [2.45, 2.75) is 18.0 Å². The third-order valence-electron chi connectivity index (χ3n) is 1.85. The van der Waals surface area contributed by atoms with Gasteiger partial charge in [0.2, 0.25) is 0 Å². The van der Waals surface area contributed by atoms with Gasteiger partial charge in [0.25, 0.3) is 0 Å². The van der Waals surface area contributed by atoms with Crippen LogP contribution in [0.25, 0.3) is 0 Å². The Balaban J connectivity index is 0.00000196. The first kappa shape index (κ1) is 15.7. The Morgan fingerprint density at radius 1 is 1.20 bits per heavy atom. The Bertz CT molecular complexity index is 434. The van der Waals surface area contributed by atoms with Crippen molar-refractivity contribution in [3.8, 4) is 0 Å². The predicted octanol–water partition coefficient (Wildman–Crippen LogP) is -3.49. The van der Waals surface area contributed by atoms with Crippen LogP contribution < -0.4 is 62.9 Å². The van der Waals surface area contributed by atoms with Crippen molar-refractivity contribution in [2.24, 2.45) is 11.5 Å². The van der Waals surface area contributed by atoms with Crippen LogP contribution in [0.3, 0.4) is 0 Å². The van der Waals surface area contributed by atoms with Crippen LogP contribution in [0.1, 0.15) is 11.1 Å². The molecule has 0 saturated carbocycles. The average molecular weight is 254 g/mol. The number of hydrogen-bond acceptors (Lipinski definition) is 5. The van der Waals surface area contributed by atoms with Crippen molar-refractivity contribution in [2.75, 3.05) is 0 Å². The first-order valence-electron chi connectivity index (χ1n) is 3.97. The molecule has 0 radical (unpaired) electrons. The van der Waals surface area contributed by atoms with Crippen LogP contribution in [0, 0.1) is 0 Å². The van der Waals surface area contributed by atoms with E-state index in [0.717, 1.165) is 5.56 Å². The van der Waals surface area contributed by atoms with Crippen LogP contribution in [0.4, 0.5) is 0 Å². The summed E-state index contributed by atoms with van der Waals surface area (Å²) in [5.74, 6) is 0. The molecule has 1 aromatic carbocycles. The second-order valence-corrected chi connectivity index (χ2v) is 4.15. The Hall–Kier alpha value is 0.686. The molecule has 0 saturated heterocycles. The summed E-state index contributed by atoms with van der Waals surface area (Å²) in [5, 5.41) is 0. The molecule has 0 aliphatic carbocycles. The second kappa shape index (κ2) is 6.43. The minimum Gasteiger partial charge on any atom is -0.744 e. The van der Waals surface area contributed by atoms with E-state index in [2.05, 4.69) is 0 Å². The third-order valence-corrected chi connectivity index (χ3v) is 2.79. The van der Waals surface area contributed by atoms with Crippen LogP contribution in [-0.4, -0.2) is 13.0 Å². The van der Waals surface area contributed by atoms with Crippen LogP contribution >= 0.6 is 0 Å². The normalized spacial score (nSPS) is 10.9.